The van der Waals surface area contributed by atoms with Crippen LogP contribution in [0.4, 0.5) is 4.39 Å². The van der Waals surface area contributed by atoms with Gasteiger partial charge in [0.1, 0.15) is 5.82 Å². The highest BCUT2D eigenvalue weighted by atomic mass is 32.2. The highest BCUT2D eigenvalue weighted by Crippen LogP contribution is 2.25. The number of nitrogens with zero attached hydrogens (tertiary/aromatic N) is 1. The van der Waals surface area contributed by atoms with Crippen molar-refractivity contribution in [1.82, 2.24) is 4.31 Å². The molecule has 1 heterocycles. The van der Waals surface area contributed by atoms with Crippen LogP contribution in [-0.4, -0.2) is 31.4 Å². The van der Waals surface area contributed by atoms with Crippen LogP contribution in [0.25, 0.3) is 0 Å². The summed E-state index contributed by atoms with van der Waals surface area (Å²) in [5.74, 6) is -0.498. The molecule has 19 heavy (non-hydrogen) atoms. The Kier molecular flexibility index (Phi) is 3.94. The fraction of sp³-hybridized carbons (Fsp3) is 0.538. The Morgan fingerprint density at radius 2 is 2.11 bits per heavy atom. The highest BCUT2D eigenvalue weighted by molar-refractivity contribution is 7.89. The van der Waals surface area contributed by atoms with Crippen molar-refractivity contribution in [3.63, 3.8) is 0 Å². The lowest BCUT2D eigenvalue weighted by Gasteiger charge is -2.35. The third kappa shape index (κ3) is 2.80. The highest BCUT2D eigenvalue weighted by Gasteiger charge is 2.33. The van der Waals surface area contributed by atoms with E-state index in [2.05, 4.69) is 0 Å². The maximum absolute atomic E-state index is 13.5. The molecule has 6 heteroatoms. The average molecular weight is 286 g/mol. The van der Waals surface area contributed by atoms with Crippen LogP contribution in [-0.2, 0) is 10.0 Å². The van der Waals surface area contributed by atoms with Crippen LogP contribution in [0.2, 0.25) is 0 Å². The van der Waals surface area contributed by atoms with Crippen molar-refractivity contribution in [3.05, 3.63) is 29.6 Å². The summed E-state index contributed by atoms with van der Waals surface area (Å²) in [4.78, 5) is 0.0120. The molecule has 1 aliphatic rings. The van der Waals surface area contributed by atoms with Gasteiger partial charge < -0.3 is 5.73 Å². The minimum Gasteiger partial charge on any atom is -0.328 e. The van der Waals surface area contributed by atoms with Crippen LogP contribution in [0.5, 0.6) is 0 Å². The summed E-state index contributed by atoms with van der Waals surface area (Å²) in [7, 11) is -3.64. The normalized spacial score (nSPS) is 25.5. The van der Waals surface area contributed by atoms with Gasteiger partial charge in [-0.3, -0.25) is 0 Å². The molecule has 0 saturated carbocycles. The molecule has 1 aromatic rings. The van der Waals surface area contributed by atoms with E-state index < -0.39 is 15.8 Å². The molecule has 0 aliphatic carbocycles. The van der Waals surface area contributed by atoms with Gasteiger partial charge in [0.15, 0.2) is 0 Å². The van der Waals surface area contributed by atoms with E-state index in [1.54, 1.807) is 6.92 Å². The van der Waals surface area contributed by atoms with Crippen LogP contribution < -0.4 is 5.73 Å². The number of halogens is 1. The first kappa shape index (κ1) is 14.4. The summed E-state index contributed by atoms with van der Waals surface area (Å²) in [6.07, 6.45) is 1.27. The maximum Gasteiger partial charge on any atom is 0.243 e. The molecule has 0 spiro atoms. The SMILES string of the molecule is Cc1ccc(S(=O)(=O)N2CCC(N)CC2C)cc1F. The summed E-state index contributed by atoms with van der Waals surface area (Å²) < 4.78 is 39.9. The molecule has 0 radical (unpaired) electrons. The summed E-state index contributed by atoms with van der Waals surface area (Å²) >= 11 is 0. The molecule has 2 atom stereocenters. The zero-order valence-electron chi connectivity index (χ0n) is 11.1. The Morgan fingerprint density at radius 1 is 1.42 bits per heavy atom. The minimum atomic E-state index is -3.64. The molecule has 1 aliphatic heterocycles. The van der Waals surface area contributed by atoms with Gasteiger partial charge in [0, 0.05) is 18.6 Å². The Hall–Kier alpha value is -0.980. The van der Waals surface area contributed by atoms with E-state index in [0.29, 0.717) is 24.9 Å². The fourth-order valence-corrected chi connectivity index (χ4v) is 4.08. The van der Waals surface area contributed by atoms with Gasteiger partial charge >= 0.3 is 0 Å². The molecule has 1 fully saturated rings. The number of piperidine rings is 1. The molecule has 0 aromatic heterocycles. The van der Waals surface area contributed by atoms with Crippen molar-refractivity contribution >= 4 is 10.0 Å². The van der Waals surface area contributed by atoms with E-state index in [9.17, 15) is 12.8 Å². The second-order valence-corrected chi connectivity index (χ2v) is 7.05. The predicted molar refractivity (Wildman–Crippen MR) is 71.7 cm³/mol. The molecule has 0 bridgehead atoms. The lowest BCUT2D eigenvalue weighted by molar-refractivity contribution is 0.247. The van der Waals surface area contributed by atoms with E-state index in [4.69, 9.17) is 5.73 Å². The van der Waals surface area contributed by atoms with E-state index in [0.717, 1.165) is 6.07 Å². The molecular formula is C13H19FN2O2S. The van der Waals surface area contributed by atoms with Gasteiger partial charge in [-0.25, -0.2) is 12.8 Å². The molecule has 106 valence electrons. The molecule has 0 amide bonds. The van der Waals surface area contributed by atoms with Crippen LogP contribution in [0.3, 0.4) is 0 Å². The quantitative estimate of drug-likeness (QED) is 0.899. The number of rotatable bonds is 2. The Bertz CT molecular complexity index is 574. The van der Waals surface area contributed by atoms with Crippen molar-refractivity contribution < 1.29 is 12.8 Å². The monoisotopic (exact) mass is 286 g/mol. The second kappa shape index (κ2) is 5.19. The van der Waals surface area contributed by atoms with E-state index in [-0.39, 0.29) is 17.0 Å². The van der Waals surface area contributed by atoms with Crippen LogP contribution >= 0.6 is 0 Å². The largest absolute Gasteiger partial charge is 0.328 e. The number of nitrogens with two attached hydrogens (primary N) is 1. The lowest BCUT2D eigenvalue weighted by Crippen LogP contribution is -2.48. The number of hydrogen-bond donors (Lipinski definition) is 1. The molecule has 1 aromatic carbocycles. The zero-order chi connectivity index (χ0) is 14.2. The van der Waals surface area contributed by atoms with Crippen molar-refractivity contribution in [1.29, 1.82) is 0 Å². The lowest BCUT2D eigenvalue weighted by atomic mass is 10.0. The van der Waals surface area contributed by atoms with Crippen molar-refractivity contribution in [2.45, 2.75) is 43.7 Å². The molecule has 1 saturated heterocycles. The summed E-state index contributed by atoms with van der Waals surface area (Å²) in [5, 5.41) is 0. The van der Waals surface area contributed by atoms with Gasteiger partial charge in [0.2, 0.25) is 10.0 Å². The smallest absolute Gasteiger partial charge is 0.243 e. The van der Waals surface area contributed by atoms with Gasteiger partial charge in [-0.2, -0.15) is 4.31 Å². The van der Waals surface area contributed by atoms with Crippen molar-refractivity contribution in [2.75, 3.05) is 6.54 Å². The number of hydrogen-bond acceptors (Lipinski definition) is 3. The first-order valence-electron chi connectivity index (χ1n) is 6.36. The van der Waals surface area contributed by atoms with Crippen LogP contribution in [0, 0.1) is 12.7 Å². The first-order chi connectivity index (χ1) is 8.82. The fourth-order valence-electron chi connectivity index (χ4n) is 2.41. The molecule has 2 rings (SSSR count). The van der Waals surface area contributed by atoms with E-state index in [1.807, 2.05) is 6.92 Å². The maximum atomic E-state index is 13.5. The standard InChI is InChI=1S/C13H19FN2O2S/c1-9-3-4-12(8-13(9)14)19(17,18)16-6-5-11(15)7-10(16)2/h3-4,8,10-11H,5-7,15H2,1-2H3. The van der Waals surface area contributed by atoms with Crippen LogP contribution in [0.1, 0.15) is 25.3 Å². The van der Waals surface area contributed by atoms with Gasteiger partial charge in [-0.05, 0) is 44.4 Å². The van der Waals surface area contributed by atoms with Crippen LogP contribution in [0.15, 0.2) is 23.1 Å². The van der Waals surface area contributed by atoms with Crippen molar-refractivity contribution in [2.24, 2.45) is 5.73 Å². The first-order valence-corrected chi connectivity index (χ1v) is 7.80. The van der Waals surface area contributed by atoms with Gasteiger partial charge in [-0.15, -0.1) is 0 Å². The summed E-state index contributed by atoms with van der Waals surface area (Å²) in [5.41, 5.74) is 6.27. The summed E-state index contributed by atoms with van der Waals surface area (Å²) in [6, 6.07) is 3.91. The number of sulfonamides is 1. The molecule has 2 unspecified atom stereocenters. The Balaban J connectivity index is 2.34. The third-order valence-corrected chi connectivity index (χ3v) is 5.62. The predicted octanol–water partition coefficient (Wildman–Crippen LogP) is 1.63. The van der Waals surface area contributed by atoms with Gasteiger partial charge in [0.05, 0.1) is 4.90 Å². The number of benzene rings is 1. The van der Waals surface area contributed by atoms with E-state index in [1.165, 1.54) is 16.4 Å². The third-order valence-electron chi connectivity index (χ3n) is 3.61. The summed E-state index contributed by atoms with van der Waals surface area (Å²) in [6.45, 7) is 3.83. The zero-order valence-corrected chi connectivity index (χ0v) is 12.0. The van der Waals surface area contributed by atoms with Crippen molar-refractivity contribution in [3.8, 4) is 0 Å². The Morgan fingerprint density at radius 3 is 2.68 bits per heavy atom. The molecule has 2 N–H and O–H groups in total. The Labute approximate surface area is 113 Å². The van der Waals surface area contributed by atoms with Gasteiger partial charge in [0.25, 0.3) is 0 Å². The van der Waals surface area contributed by atoms with Gasteiger partial charge in [-0.1, -0.05) is 6.07 Å². The molecule has 4 nitrogen and oxygen atoms in total. The molecular weight excluding hydrogens is 267 g/mol. The van der Waals surface area contributed by atoms with E-state index >= 15 is 0 Å². The minimum absolute atomic E-state index is 0.0120. The second-order valence-electron chi connectivity index (χ2n) is 5.16. The average Bonchev–Trinajstić information content (AvgIpc) is 2.32. The topological polar surface area (TPSA) is 63.4 Å². The number of aryl methyl sites for hydroxylation is 1.